The third kappa shape index (κ3) is 6.17. The van der Waals surface area contributed by atoms with Gasteiger partial charge in [-0.3, -0.25) is 4.79 Å². The van der Waals surface area contributed by atoms with Gasteiger partial charge in [0.25, 0.3) is 0 Å². The molecule has 0 aliphatic heterocycles. The van der Waals surface area contributed by atoms with Gasteiger partial charge in [0, 0.05) is 12.3 Å². The fraction of sp³-hybridized carbons (Fsp3) is 0.276. The Morgan fingerprint density at radius 2 is 1.53 bits per heavy atom. The lowest BCUT2D eigenvalue weighted by atomic mass is 9.84. The zero-order chi connectivity index (χ0) is 25.5. The lowest BCUT2D eigenvalue weighted by molar-refractivity contribution is -0.122. The molecule has 0 aliphatic rings. The lowest BCUT2D eigenvalue weighted by Gasteiger charge is -2.27. The molecule has 0 spiro atoms. The van der Waals surface area contributed by atoms with Crippen LogP contribution in [0.4, 0.5) is 0 Å². The highest BCUT2D eigenvalue weighted by molar-refractivity contribution is 5.83. The summed E-state index contributed by atoms with van der Waals surface area (Å²) in [6.07, 6.45) is 1.65. The Hall–Kier alpha value is -3.97. The molecule has 1 amide bonds. The second-order valence-electron chi connectivity index (χ2n) is 9.44. The Balaban J connectivity index is 1.76. The molecule has 0 aliphatic carbocycles. The number of rotatable bonds is 11. The quantitative estimate of drug-likeness (QED) is 0.337. The molecule has 0 saturated heterocycles. The molecule has 2 atom stereocenters. The van der Waals surface area contributed by atoms with Crippen LogP contribution in [0.25, 0.3) is 0 Å². The van der Waals surface area contributed by atoms with Gasteiger partial charge in [-0.15, -0.1) is 10.2 Å². The number of carbonyl (C=O) groups excluding carboxylic acids is 1. The minimum Gasteiger partial charge on any atom is -0.497 e. The van der Waals surface area contributed by atoms with Gasteiger partial charge < -0.3 is 20.8 Å². The van der Waals surface area contributed by atoms with E-state index in [-0.39, 0.29) is 5.92 Å². The van der Waals surface area contributed by atoms with E-state index in [0.717, 1.165) is 34.1 Å². The molecule has 4 rings (SSSR count). The molecule has 0 radical (unpaired) electrons. The van der Waals surface area contributed by atoms with E-state index >= 15 is 0 Å². The highest BCUT2D eigenvalue weighted by Crippen LogP contribution is 2.29. The van der Waals surface area contributed by atoms with E-state index in [1.807, 2.05) is 60.7 Å². The monoisotopic (exact) mass is 483 g/mol. The second kappa shape index (κ2) is 11.2. The summed E-state index contributed by atoms with van der Waals surface area (Å²) in [6, 6.07) is 28.3. The van der Waals surface area contributed by atoms with Crippen molar-refractivity contribution in [1.29, 1.82) is 0 Å². The number of primary amides is 1. The predicted octanol–water partition coefficient (Wildman–Crippen LogP) is 3.84. The van der Waals surface area contributed by atoms with Crippen molar-refractivity contribution in [1.82, 2.24) is 14.8 Å². The van der Waals surface area contributed by atoms with Crippen molar-refractivity contribution in [2.45, 2.75) is 44.2 Å². The molecule has 7 heteroatoms. The normalized spacial score (nSPS) is 13.6. The molecule has 7 nitrogen and oxygen atoms in total. The van der Waals surface area contributed by atoms with Gasteiger partial charge in [0.2, 0.25) is 5.91 Å². The summed E-state index contributed by atoms with van der Waals surface area (Å²) in [6.45, 7) is 2.26. The highest BCUT2D eigenvalue weighted by atomic mass is 16.5. The maximum Gasteiger partial charge on any atom is 0.237 e. The lowest BCUT2D eigenvalue weighted by Crippen LogP contribution is -2.50. The Bertz CT molecular complexity index is 1270. The van der Waals surface area contributed by atoms with Crippen molar-refractivity contribution >= 4 is 5.91 Å². The van der Waals surface area contributed by atoms with E-state index in [1.165, 1.54) is 0 Å². The molecule has 1 unspecified atom stereocenters. The van der Waals surface area contributed by atoms with E-state index < -0.39 is 11.4 Å². The molecule has 1 aromatic heterocycles. The van der Waals surface area contributed by atoms with Crippen LogP contribution in [0.3, 0.4) is 0 Å². The molecular formula is C29H33N5O2. The fourth-order valence-electron chi connectivity index (χ4n) is 4.41. The second-order valence-corrected chi connectivity index (χ2v) is 9.44. The predicted molar refractivity (Wildman–Crippen MR) is 141 cm³/mol. The maximum absolute atomic E-state index is 12.2. The number of carbonyl (C=O) groups is 1. The topological polar surface area (TPSA) is 109 Å². The number of nitrogens with two attached hydrogens (primary N) is 2. The average Bonchev–Trinajstić information content (AvgIpc) is 3.27. The first-order valence-electron chi connectivity index (χ1n) is 12.1. The Kier molecular flexibility index (Phi) is 7.80. The van der Waals surface area contributed by atoms with Crippen LogP contribution in [-0.4, -0.2) is 33.3 Å². The van der Waals surface area contributed by atoms with E-state index in [4.69, 9.17) is 16.2 Å². The van der Waals surface area contributed by atoms with E-state index in [1.54, 1.807) is 14.0 Å². The fourth-order valence-corrected chi connectivity index (χ4v) is 4.41. The Morgan fingerprint density at radius 1 is 0.917 bits per heavy atom. The van der Waals surface area contributed by atoms with Gasteiger partial charge in [-0.2, -0.15) is 0 Å². The summed E-state index contributed by atoms with van der Waals surface area (Å²) < 4.78 is 7.48. The molecule has 4 N–H and O–H groups in total. The Labute approximate surface area is 212 Å². The first-order valence-corrected chi connectivity index (χ1v) is 12.1. The van der Waals surface area contributed by atoms with Gasteiger partial charge in [-0.25, -0.2) is 0 Å². The number of hydrogen-bond donors (Lipinski definition) is 2. The van der Waals surface area contributed by atoms with E-state index in [0.29, 0.717) is 25.8 Å². The molecular weight excluding hydrogens is 450 g/mol. The molecule has 3 aromatic carbocycles. The number of methoxy groups -OCH3 is 1. The van der Waals surface area contributed by atoms with Crippen LogP contribution in [0.15, 0.2) is 84.9 Å². The molecule has 0 saturated carbocycles. The third-order valence-corrected chi connectivity index (χ3v) is 6.48. The van der Waals surface area contributed by atoms with Crippen molar-refractivity contribution in [3.8, 4) is 5.75 Å². The standard InChI is InChI=1S/C29H33N5O2/c1-29(31,28(30)35)19-24(17-21-9-5-3-6-10-21)27-33-32-26(18-22-11-7-4-8-12-22)34(27)20-23-13-15-25(36-2)16-14-23/h3-16,24H,17-20,31H2,1-2H3,(H2,30,35)/t24?,29-/m1/s1. The SMILES string of the molecule is COc1ccc(Cn2c(Cc3ccccc3)nnc2C(Cc2ccccc2)C[C@@](C)(N)C(N)=O)cc1. The van der Waals surface area contributed by atoms with Gasteiger partial charge in [0.05, 0.1) is 19.2 Å². The van der Waals surface area contributed by atoms with Crippen LogP contribution in [0, 0.1) is 0 Å². The first-order chi connectivity index (χ1) is 17.4. The molecule has 4 aromatic rings. The molecule has 36 heavy (non-hydrogen) atoms. The molecule has 1 heterocycles. The maximum atomic E-state index is 12.2. The van der Waals surface area contributed by atoms with Crippen molar-refractivity contribution in [2.24, 2.45) is 11.5 Å². The van der Waals surface area contributed by atoms with Crippen molar-refractivity contribution in [3.05, 3.63) is 113 Å². The minimum atomic E-state index is -1.18. The Morgan fingerprint density at radius 3 is 2.11 bits per heavy atom. The number of aromatic nitrogens is 3. The number of ether oxygens (including phenoxy) is 1. The van der Waals surface area contributed by atoms with Gasteiger partial charge in [0.15, 0.2) is 0 Å². The molecule has 0 bridgehead atoms. The van der Waals surface area contributed by atoms with Crippen molar-refractivity contribution < 1.29 is 9.53 Å². The molecule has 0 fully saturated rings. The summed E-state index contributed by atoms with van der Waals surface area (Å²) in [5.41, 5.74) is 14.2. The minimum absolute atomic E-state index is 0.162. The summed E-state index contributed by atoms with van der Waals surface area (Å²) in [5, 5.41) is 9.27. The van der Waals surface area contributed by atoms with Gasteiger partial charge in [-0.05, 0) is 48.6 Å². The number of nitrogens with zero attached hydrogens (tertiary/aromatic N) is 3. The third-order valence-electron chi connectivity index (χ3n) is 6.48. The van der Waals surface area contributed by atoms with Crippen LogP contribution in [0.5, 0.6) is 5.75 Å². The highest BCUT2D eigenvalue weighted by Gasteiger charge is 2.33. The van der Waals surface area contributed by atoms with Gasteiger partial charge >= 0.3 is 0 Å². The summed E-state index contributed by atoms with van der Waals surface area (Å²) in [5.74, 6) is 1.74. The van der Waals surface area contributed by atoms with Crippen LogP contribution in [0.1, 0.15) is 47.6 Å². The molecule has 186 valence electrons. The summed E-state index contributed by atoms with van der Waals surface area (Å²) in [7, 11) is 1.65. The number of hydrogen-bond acceptors (Lipinski definition) is 5. The summed E-state index contributed by atoms with van der Waals surface area (Å²) in [4.78, 5) is 12.2. The smallest absolute Gasteiger partial charge is 0.237 e. The summed E-state index contributed by atoms with van der Waals surface area (Å²) >= 11 is 0. The number of benzene rings is 3. The van der Waals surface area contributed by atoms with Crippen LogP contribution < -0.4 is 16.2 Å². The zero-order valence-corrected chi connectivity index (χ0v) is 20.8. The van der Waals surface area contributed by atoms with E-state index in [2.05, 4.69) is 39.0 Å². The van der Waals surface area contributed by atoms with Crippen LogP contribution in [0.2, 0.25) is 0 Å². The number of amides is 1. The van der Waals surface area contributed by atoms with Crippen molar-refractivity contribution in [2.75, 3.05) is 7.11 Å². The van der Waals surface area contributed by atoms with Crippen LogP contribution >= 0.6 is 0 Å². The largest absolute Gasteiger partial charge is 0.497 e. The average molecular weight is 484 g/mol. The van der Waals surface area contributed by atoms with Crippen LogP contribution in [-0.2, 0) is 24.2 Å². The van der Waals surface area contributed by atoms with E-state index in [9.17, 15) is 4.79 Å². The van der Waals surface area contributed by atoms with Crippen molar-refractivity contribution in [3.63, 3.8) is 0 Å². The first kappa shape index (κ1) is 25.1. The van der Waals surface area contributed by atoms with Gasteiger partial charge in [0.1, 0.15) is 17.4 Å². The zero-order valence-electron chi connectivity index (χ0n) is 20.8. The van der Waals surface area contributed by atoms with Gasteiger partial charge in [-0.1, -0.05) is 72.8 Å².